The second-order valence-corrected chi connectivity index (χ2v) is 5.48. The first-order valence-electron chi connectivity index (χ1n) is 5.97. The van der Waals surface area contributed by atoms with Gasteiger partial charge >= 0.3 is 0 Å². The average Bonchev–Trinajstić information content (AvgIpc) is 2.41. The van der Waals surface area contributed by atoms with Gasteiger partial charge in [-0.05, 0) is 25.5 Å². The number of aryl methyl sites for hydroxylation is 1. The van der Waals surface area contributed by atoms with E-state index in [1.54, 1.807) is 11.8 Å². The molecule has 2 aromatic rings. The van der Waals surface area contributed by atoms with Gasteiger partial charge in [-0.3, -0.25) is 0 Å². The van der Waals surface area contributed by atoms with Crippen LogP contribution in [0.3, 0.4) is 0 Å². The number of benzene rings is 1. The van der Waals surface area contributed by atoms with Crippen molar-refractivity contribution in [2.24, 2.45) is 0 Å². The summed E-state index contributed by atoms with van der Waals surface area (Å²) in [4.78, 5) is 9.06. The van der Waals surface area contributed by atoms with Crippen LogP contribution in [0, 0.1) is 11.6 Å². The molecule has 0 radical (unpaired) electrons. The maximum absolute atomic E-state index is 5.29. The van der Waals surface area contributed by atoms with Gasteiger partial charge in [0.25, 0.3) is 0 Å². The number of hydrogen-bond donors (Lipinski definition) is 1. The van der Waals surface area contributed by atoms with Gasteiger partial charge in [0.05, 0.1) is 5.75 Å². The summed E-state index contributed by atoms with van der Waals surface area (Å²) in [5.41, 5.74) is 2.29. The fourth-order valence-corrected chi connectivity index (χ4v) is 2.74. The highest BCUT2D eigenvalue weighted by atomic mass is 32.2. The first-order valence-corrected chi connectivity index (χ1v) is 7.36. The van der Waals surface area contributed by atoms with Crippen molar-refractivity contribution in [3.8, 4) is 0 Å². The number of thioether (sulfide) groups is 1. The zero-order valence-corrected chi connectivity index (χ0v) is 12.2. The predicted octanol–water partition coefficient (Wildman–Crippen LogP) is 4.30. The van der Waals surface area contributed by atoms with Crippen LogP contribution >= 0.6 is 24.0 Å². The van der Waals surface area contributed by atoms with Crippen LogP contribution in [0.15, 0.2) is 35.2 Å². The van der Waals surface area contributed by atoms with E-state index in [1.165, 1.54) is 10.6 Å². The van der Waals surface area contributed by atoms with E-state index in [-0.39, 0.29) is 0 Å². The molecule has 0 unspecified atom stereocenters. The first-order chi connectivity index (χ1) is 8.70. The summed E-state index contributed by atoms with van der Waals surface area (Å²) in [6.45, 7) is 4.15. The lowest BCUT2D eigenvalue weighted by atomic mass is 10.2. The van der Waals surface area contributed by atoms with Gasteiger partial charge in [0.1, 0.15) is 10.5 Å². The minimum atomic E-state index is 0.717. The number of aromatic nitrogens is 2. The van der Waals surface area contributed by atoms with Crippen molar-refractivity contribution in [2.45, 2.75) is 30.9 Å². The summed E-state index contributed by atoms with van der Waals surface area (Å²) < 4.78 is 0.717. The molecule has 0 atom stereocenters. The molecule has 0 aliphatic carbocycles. The zero-order valence-electron chi connectivity index (χ0n) is 10.6. The average molecular weight is 276 g/mol. The standard InChI is InChI=1S/C14H16N2S2/c1-3-12-10(2)14(17)16-13(15-12)9-18-11-7-5-4-6-8-11/h4-8H,3,9H2,1-2H3,(H,15,16,17). The van der Waals surface area contributed by atoms with E-state index in [1.807, 2.05) is 25.1 Å². The van der Waals surface area contributed by atoms with Crippen molar-refractivity contribution in [1.82, 2.24) is 9.97 Å². The van der Waals surface area contributed by atoms with Crippen LogP contribution in [0.4, 0.5) is 0 Å². The van der Waals surface area contributed by atoms with Crippen molar-refractivity contribution in [3.05, 3.63) is 52.1 Å². The molecular weight excluding hydrogens is 260 g/mol. The molecule has 4 heteroatoms. The Labute approximate surface area is 117 Å². The highest BCUT2D eigenvalue weighted by Gasteiger charge is 2.04. The van der Waals surface area contributed by atoms with Gasteiger partial charge < -0.3 is 4.98 Å². The molecule has 0 fully saturated rings. The second kappa shape index (κ2) is 6.16. The summed E-state index contributed by atoms with van der Waals surface area (Å²) in [5.74, 6) is 1.78. The minimum absolute atomic E-state index is 0.717. The molecule has 1 aromatic carbocycles. The monoisotopic (exact) mass is 276 g/mol. The highest BCUT2D eigenvalue weighted by molar-refractivity contribution is 7.98. The lowest BCUT2D eigenvalue weighted by molar-refractivity contribution is 0.910. The van der Waals surface area contributed by atoms with Crippen LogP contribution in [0.2, 0.25) is 0 Å². The Morgan fingerprint density at radius 3 is 2.67 bits per heavy atom. The van der Waals surface area contributed by atoms with E-state index >= 15 is 0 Å². The van der Waals surface area contributed by atoms with Crippen molar-refractivity contribution in [3.63, 3.8) is 0 Å². The lowest BCUT2D eigenvalue weighted by Gasteiger charge is -2.07. The van der Waals surface area contributed by atoms with Crippen LogP contribution in [-0.2, 0) is 12.2 Å². The number of H-pyrrole nitrogens is 1. The molecule has 0 aliphatic heterocycles. The van der Waals surface area contributed by atoms with Gasteiger partial charge in [0.15, 0.2) is 0 Å². The maximum atomic E-state index is 5.29. The molecule has 1 heterocycles. The Bertz CT molecular complexity index is 576. The molecule has 1 aromatic heterocycles. The van der Waals surface area contributed by atoms with Gasteiger partial charge in [-0.1, -0.05) is 37.3 Å². The van der Waals surface area contributed by atoms with E-state index in [2.05, 4.69) is 29.0 Å². The Balaban J connectivity index is 2.15. The Morgan fingerprint density at radius 1 is 1.28 bits per heavy atom. The number of aromatic amines is 1. The van der Waals surface area contributed by atoms with Crippen LogP contribution in [0.1, 0.15) is 24.0 Å². The molecule has 94 valence electrons. The lowest BCUT2D eigenvalue weighted by Crippen LogP contribution is -2.01. The SMILES string of the molecule is CCc1[nH]c(CSc2ccccc2)nc(=S)c1C. The Hall–Kier alpha value is -1.13. The van der Waals surface area contributed by atoms with Gasteiger partial charge in [-0.25, -0.2) is 4.98 Å². The number of hydrogen-bond acceptors (Lipinski definition) is 3. The number of nitrogens with zero attached hydrogens (tertiary/aromatic N) is 1. The third-order valence-electron chi connectivity index (χ3n) is 2.78. The third kappa shape index (κ3) is 3.21. The van der Waals surface area contributed by atoms with Crippen LogP contribution < -0.4 is 0 Å². The topological polar surface area (TPSA) is 28.7 Å². The summed E-state index contributed by atoms with van der Waals surface area (Å²) in [7, 11) is 0. The smallest absolute Gasteiger partial charge is 0.132 e. The molecule has 0 aliphatic rings. The maximum Gasteiger partial charge on any atom is 0.132 e. The zero-order chi connectivity index (χ0) is 13.0. The van der Waals surface area contributed by atoms with Gasteiger partial charge in [0, 0.05) is 16.2 Å². The summed E-state index contributed by atoms with van der Waals surface area (Å²) in [6.07, 6.45) is 0.959. The van der Waals surface area contributed by atoms with Crippen LogP contribution in [0.25, 0.3) is 0 Å². The quantitative estimate of drug-likeness (QED) is 0.666. The molecule has 18 heavy (non-hydrogen) atoms. The minimum Gasteiger partial charge on any atom is -0.346 e. The molecule has 0 saturated carbocycles. The second-order valence-electron chi connectivity index (χ2n) is 4.05. The molecule has 0 spiro atoms. The summed E-state index contributed by atoms with van der Waals surface area (Å²) >= 11 is 7.05. The normalized spacial score (nSPS) is 10.6. The fourth-order valence-electron chi connectivity index (χ4n) is 1.72. The number of nitrogens with one attached hydrogen (secondary N) is 1. The van der Waals surface area contributed by atoms with E-state index in [0.29, 0.717) is 4.64 Å². The molecule has 0 amide bonds. The number of rotatable bonds is 4. The van der Waals surface area contributed by atoms with Gasteiger partial charge in [-0.2, -0.15) is 0 Å². The van der Waals surface area contributed by atoms with E-state index in [9.17, 15) is 0 Å². The molecule has 0 bridgehead atoms. The van der Waals surface area contributed by atoms with Crippen molar-refractivity contribution < 1.29 is 0 Å². The first kappa shape index (κ1) is 13.3. The largest absolute Gasteiger partial charge is 0.346 e. The van der Waals surface area contributed by atoms with Crippen LogP contribution in [-0.4, -0.2) is 9.97 Å². The summed E-state index contributed by atoms with van der Waals surface area (Å²) in [5, 5.41) is 0. The molecule has 2 nitrogen and oxygen atoms in total. The third-order valence-corrected chi connectivity index (χ3v) is 4.20. The van der Waals surface area contributed by atoms with Crippen molar-refractivity contribution in [2.75, 3.05) is 0 Å². The van der Waals surface area contributed by atoms with Crippen molar-refractivity contribution >= 4 is 24.0 Å². The summed E-state index contributed by atoms with van der Waals surface area (Å²) in [6, 6.07) is 10.3. The van der Waals surface area contributed by atoms with E-state index in [4.69, 9.17) is 12.2 Å². The van der Waals surface area contributed by atoms with E-state index in [0.717, 1.165) is 23.6 Å². The van der Waals surface area contributed by atoms with E-state index < -0.39 is 0 Å². The van der Waals surface area contributed by atoms with Gasteiger partial charge in [-0.15, -0.1) is 11.8 Å². The molecular formula is C14H16N2S2. The Morgan fingerprint density at radius 2 is 2.00 bits per heavy atom. The highest BCUT2D eigenvalue weighted by Crippen LogP contribution is 2.21. The molecule has 1 N–H and O–H groups in total. The molecule has 0 saturated heterocycles. The van der Waals surface area contributed by atoms with Crippen LogP contribution in [0.5, 0.6) is 0 Å². The molecule has 2 rings (SSSR count). The fraction of sp³-hybridized carbons (Fsp3) is 0.286. The van der Waals surface area contributed by atoms with Crippen molar-refractivity contribution in [1.29, 1.82) is 0 Å². The predicted molar refractivity (Wildman–Crippen MR) is 79.5 cm³/mol. The van der Waals surface area contributed by atoms with Gasteiger partial charge in [0.2, 0.25) is 0 Å². The Kier molecular flexibility index (Phi) is 4.55.